The van der Waals surface area contributed by atoms with Gasteiger partial charge in [0.05, 0.1) is 0 Å². The summed E-state index contributed by atoms with van der Waals surface area (Å²) in [6.07, 6.45) is 0.746. The van der Waals surface area contributed by atoms with Crippen molar-refractivity contribution < 1.29 is 10.2 Å². The van der Waals surface area contributed by atoms with Gasteiger partial charge in [-0.05, 0) is 0 Å². The first kappa shape index (κ1) is 10.9. The van der Waals surface area contributed by atoms with E-state index in [1.54, 1.807) is 0 Å². The van der Waals surface area contributed by atoms with Crippen LogP contribution in [0.2, 0.25) is 0 Å². The summed E-state index contributed by atoms with van der Waals surface area (Å²) in [5.74, 6) is 0.0794. The summed E-state index contributed by atoms with van der Waals surface area (Å²) in [7, 11) is -1.19. The molecule has 0 bridgehead atoms. The third-order valence-electron chi connectivity index (χ3n) is 1.32. The van der Waals surface area contributed by atoms with E-state index in [1.165, 1.54) is 0 Å². The molecule has 0 heterocycles. The van der Waals surface area contributed by atoms with Gasteiger partial charge in [0.2, 0.25) is 0 Å². The van der Waals surface area contributed by atoms with Crippen LogP contribution >= 0.6 is 7.26 Å². The van der Waals surface area contributed by atoms with E-state index in [2.05, 4.69) is 26.6 Å². The Hall–Kier alpha value is -0.0700. The van der Waals surface area contributed by atoms with E-state index in [9.17, 15) is 5.11 Å². The van der Waals surface area contributed by atoms with Crippen LogP contribution in [0.4, 0.5) is 0 Å². The first-order valence-electron chi connectivity index (χ1n) is 3.86. The molecule has 1 unspecified atom stereocenters. The van der Waals surface area contributed by atoms with Crippen molar-refractivity contribution in [3.8, 4) is 0 Å². The maximum absolute atomic E-state index is 9.37. The molecule has 1 atom stereocenters. The zero-order valence-electron chi connectivity index (χ0n) is 7.59. The summed E-state index contributed by atoms with van der Waals surface area (Å²) in [4.78, 5) is 0. The molecular formula is C8H19O2P. The Morgan fingerprint density at radius 3 is 2.18 bits per heavy atom. The van der Waals surface area contributed by atoms with Gasteiger partial charge >= 0.3 is 68.5 Å². The minimum absolute atomic E-state index is 0.0794. The predicted molar refractivity (Wildman–Crippen MR) is 53.3 cm³/mol. The zero-order valence-corrected chi connectivity index (χ0v) is 8.59. The van der Waals surface area contributed by atoms with Crippen molar-refractivity contribution in [1.82, 2.24) is 0 Å². The standard InChI is InChI=1S/C8H19O2P/c1-7(9)5-8(10)6-11(2,3)4/h8-11H,1,5-6H2,2-4H3. The first-order valence-corrected chi connectivity index (χ1v) is 7.57. The molecular weight excluding hydrogens is 159 g/mol. The Kier molecular flexibility index (Phi) is 4.05. The molecule has 0 aromatic heterocycles. The van der Waals surface area contributed by atoms with Gasteiger partial charge in [0.15, 0.2) is 0 Å². The maximum atomic E-state index is 9.37. The molecule has 0 rings (SSSR count). The summed E-state index contributed by atoms with van der Waals surface area (Å²) < 4.78 is 0. The van der Waals surface area contributed by atoms with Crippen molar-refractivity contribution in [3.05, 3.63) is 12.3 Å². The van der Waals surface area contributed by atoms with Crippen LogP contribution in [-0.4, -0.2) is 42.5 Å². The molecule has 11 heavy (non-hydrogen) atoms. The molecule has 3 heteroatoms. The molecule has 0 saturated heterocycles. The molecule has 0 radical (unpaired) electrons. The number of aliphatic hydroxyl groups is 2. The van der Waals surface area contributed by atoms with Crippen molar-refractivity contribution in [3.63, 3.8) is 0 Å². The van der Waals surface area contributed by atoms with Gasteiger partial charge in [0, 0.05) is 0 Å². The molecule has 0 aliphatic carbocycles. The van der Waals surface area contributed by atoms with Crippen LogP contribution in [0.5, 0.6) is 0 Å². The van der Waals surface area contributed by atoms with Gasteiger partial charge in [0.1, 0.15) is 0 Å². The van der Waals surface area contributed by atoms with E-state index >= 15 is 0 Å². The molecule has 0 amide bonds. The number of hydrogen-bond acceptors (Lipinski definition) is 2. The van der Waals surface area contributed by atoms with E-state index < -0.39 is 13.4 Å². The van der Waals surface area contributed by atoms with Gasteiger partial charge in [-0.2, -0.15) is 0 Å². The second kappa shape index (κ2) is 4.08. The predicted octanol–water partition coefficient (Wildman–Crippen LogP) is 1.45. The summed E-state index contributed by atoms with van der Waals surface area (Å²) >= 11 is 0. The molecule has 0 aromatic rings. The van der Waals surface area contributed by atoms with Crippen molar-refractivity contribution in [2.24, 2.45) is 0 Å². The molecule has 68 valence electrons. The molecule has 0 aliphatic rings. The number of hydrogen-bond donors (Lipinski definition) is 2. The van der Waals surface area contributed by atoms with Crippen molar-refractivity contribution in [1.29, 1.82) is 0 Å². The fourth-order valence-corrected chi connectivity index (χ4v) is 2.61. The molecule has 0 aliphatic heterocycles. The average Bonchev–Trinajstić information content (AvgIpc) is 1.53. The van der Waals surface area contributed by atoms with Crippen LogP contribution in [0.25, 0.3) is 0 Å². The topological polar surface area (TPSA) is 40.5 Å². The third-order valence-corrected chi connectivity index (χ3v) is 3.02. The second-order valence-electron chi connectivity index (χ2n) is 4.19. The van der Waals surface area contributed by atoms with Crippen LogP contribution in [0.3, 0.4) is 0 Å². The Balaban J connectivity index is 3.69. The first-order chi connectivity index (χ1) is 4.81. The van der Waals surface area contributed by atoms with Crippen LogP contribution in [0.1, 0.15) is 6.42 Å². The van der Waals surface area contributed by atoms with E-state index in [-0.39, 0.29) is 5.76 Å². The van der Waals surface area contributed by atoms with Gasteiger partial charge < -0.3 is 0 Å². The van der Waals surface area contributed by atoms with Gasteiger partial charge in [-0.1, -0.05) is 0 Å². The Bertz CT molecular complexity index is 138. The van der Waals surface area contributed by atoms with E-state index in [4.69, 9.17) is 5.11 Å². The van der Waals surface area contributed by atoms with Crippen LogP contribution in [-0.2, 0) is 0 Å². The van der Waals surface area contributed by atoms with Crippen molar-refractivity contribution >= 4 is 7.26 Å². The molecule has 0 spiro atoms. The van der Waals surface area contributed by atoms with E-state index in [1.807, 2.05) is 0 Å². The normalized spacial score (nSPS) is 16.0. The summed E-state index contributed by atoms with van der Waals surface area (Å²) in [5, 5.41) is 18.1. The van der Waals surface area contributed by atoms with Gasteiger partial charge in [-0.3, -0.25) is 0 Å². The summed E-state index contributed by atoms with van der Waals surface area (Å²) in [6, 6.07) is 0. The average molecular weight is 178 g/mol. The third kappa shape index (κ3) is 7.83. The molecule has 0 fully saturated rings. The van der Waals surface area contributed by atoms with Gasteiger partial charge in [-0.15, -0.1) is 0 Å². The quantitative estimate of drug-likeness (QED) is 0.505. The minimum atomic E-state index is -1.19. The SMILES string of the molecule is C=C(O)CC(O)C[PH](C)(C)C. The fraction of sp³-hybridized carbons (Fsp3) is 0.750. The zero-order chi connectivity index (χ0) is 9.07. The number of rotatable bonds is 4. The number of aliphatic hydroxyl groups excluding tert-OH is 2. The van der Waals surface area contributed by atoms with Crippen molar-refractivity contribution in [2.75, 3.05) is 26.2 Å². The van der Waals surface area contributed by atoms with Crippen LogP contribution in [0, 0.1) is 0 Å². The van der Waals surface area contributed by atoms with E-state index in [0.717, 1.165) is 6.16 Å². The Morgan fingerprint density at radius 1 is 1.45 bits per heavy atom. The Morgan fingerprint density at radius 2 is 1.91 bits per heavy atom. The fourth-order valence-electron chi connectivity index (χ4n) is 1.05. The van der Waals surface area contributed by atoms with E-state index in [0.29, 0.717) is 6.42 Å². The van der Waals surface area contributed by atoms with Gasteiger partial charge in [-0.25, -0.2) is 0 Å². The molecule has 0 saturated carbocycles. The molecule has 2 N–H and O–H groups in total. The van der Waals surface area contributed by atoms with Crippen LogP contribution < -0.4 is 0 Å². The second-order valence-corrected chi connectivity index (χ2v) is 9.72. The summed E-state index contributed by atoms with van der Waals surface area (Å²) in [6.45, 7) is 9.91. The van der Waals surface area contributed by atoms with Crippen LogP contribution in [0.15, 0.2) is 12.3 Å². The molecule has 0 aromatic carbocycles. The van der Waals surface area contributed by atoms with Gasteiger partial charge in [0.25, 0.3) is 0 Å². The summed E-state index contributed by atoms with van der Waals surface area (Å²) in [5.41, 5.74) is 0. The molecule has 2 nitrogen and oxygen atoms in total. The van der Waals surface area contributed by atoms with Crippen molar-refractivity contribution in [2.45, 2.75) is 12.5 Å². The Labute approximate surface area is 69.3 Å². The monoisotopic (exact) mass is 178 g/mol.